The summed E-state index contributed by atoms with van der Waals surface area (Å²) < 4.78 is 7.79. The second-order valence-corrected chi connectivity index (χ2v) is 7.72. The molecule has 0 bridgehead atoms. The van der Waals surface area contributed by atoms with Gasteiger partial charge in [0.25, 0.3) is 5.22 Å². The summed E-state index contributed by atoms with van der Waals surface area (Å²) in [5, 5.41) is 8.56. The maximum atomic E-state index is 12.8. The Hall–Kier alpha value is -3.12. The monoisotopic (exact) mass is 403 g/mol. The number of thioether (sulfide) groups is 1. The van der Waals surface area contributed by atoms with Gasteiger partial charge in [-0.25, -0.2) is 0 Å². The van der Waals surface area contributed by atoms with Crippen molar-refractivity contribution in [1.29, 1.82) is 0 Å². The number of aromatic nitrogens is 3. The highest BCUT2D eigenvalue weighted by atomic mass is 32.2. The molecule has 5 nitrogen and oxygen atoms in total. The number of hydrogen-bond donors (Lipinski definition) is 0. The van der Waals surface area contributed by atoms with Crippen molar-refractivity contribution < 1.29 is 9.21 Å². The summed E-state index contributed by atoms with van der Waals surface area (Å²) in [6, 6.07) is 22.0. The molecule has 0 radical (unpaired) electrons. The third kappa shape index (κ3) is 4.32. The molecule has 0 unspecified atom stereocenters. The smallest absolute Gasteiger partial charge is 0.277 e. The molecule has 0 aliphatic carbocycles. The van der Waals surface area contributed by atoms with Crippen LogP contribution in [0.1, 0.15) is 33.2 Å². The Balaban J connectivity index is 1.43. The van der Waals surface area contributed by atoms with Crippen LogP contribution >= 0.6 is 11.8 Å². The van der Waals surface area contributed by atoms with Crippen molar-refractivity contribution in [2.24, 2.45) is 0 Å². The molecule has 4 rings (SSSR count). The van der Waals surface area contributed by atoms with E-state index in [1.807, 2.05) is 80.6 Å². The van der Waals surface area contributed by atoms with Gasteiger partial charge in [0.2, 0.25) is 5.89 Å². The lowest BCUT2D eigenvalue weighted by Gasteiger charge is -2.09. The van der Waals surface area contributed by atoms with Gasteiger partial charge in [0.15, 0.2) is 5.78 Å². The van der Waals surface area contributed by atoms with E-state index in [1.165, 1.54) is 11.8 Å². The summed E-state index contributed by atoms with van der Waals surface area (Å²) in [4.78, 5) is 12.8. The summed E-state index contributed by atoms with van der Waals surface area (Å²) in [6.07, 6.45) is 0.584. The van der Waals surface area contributed by atoms with E-state index in [0.717, 1.165) is 28.2 Å². The number of nitrogens with zero attached hydrogens (tertiary/aromatic N) is 3. The number of aryl methyl sites for hydroxylation is 1. The fourth-order valence-corrected chi connectivity index (χ4v) is 4.03. The van der Waals surface area contributed by atoms with Crippen molar-refractivity contribution >= 4 is 17.5 Å². The van der Waals surface area contributed by atoms with Crippen LogP contribution in [0.15, 0.2) is 76.4 Å². The maximum absolute atomic E-state index is 12.8. The van der Waals surface area contributed by atoms with Gasteiger partial charge in [-0.2, -0.15) is 0 Å². The highest BCUT2D eigenvalue weighted by Crippen LogP contribution is 2.24. The van der Waals surface area contributed by atoms with E-state index in [1.54, 1.807) is 0 Å². The average molecular weight is 404 g/mol. The quantitative estimate of drug-likeness (QED) is 0.319. The zero-order valence-corrected chi connectivity index (χ0v) is 17.1. The molecule has 0 spiro atoms. The highest BCUT2D eigenvalue weighted by molar-refractivity contribution is 7.99. The van der Waals surface area contributed by atoms with E-state index in [9.17, 15) is 4.79 Å². The zero-order valence-electron chi connectivity index (χ0n) is 16.3. The fraction of sp³-hybridized carbons (Fsp3) is 0.174. The molecule has 0 saturated heterocycles. The lowest BCUT2D eigenvalue weighted by molar-refractivity contribution is 0.102. The molecular formula is C23H21N3O2S. The Morgan fingerprint density at radius 1 is 1.00 bits per heavy atom. The Morgan fingerprint density at radius 3 is 2.41 bits per heavy atom. The van der Waals surface area contributed by atoms with Crippen molar-refractivity contribution in [3.63, 3.8) is 0 Å². The van der Waals surface area contributed by atoms with Crippen LogP contribution in [-0.2, 0) is 6.42 Å². The third-order valence-electron chi connectivity index (χ3n) is 4.72. The van der Waals surface area contributed by atoms with Crippen LogP contribution in [0.5, 0.6) is 0 Å². The van der Waals surface area contributed by atoms with Crippen molar-refractivity contribution in [2.75, 3.05) is 5.75 Å². The molecule has 146 valence electrons. The van der Waals surface area contributed by atoms with Crippen LogP contribution in [0.4, 0.5) is 0 Å². The molecule has 0 aliphatic heterocycles. The average Bonchev–Trinajstić information content (AvgIpc) is 3.31. The standard InChI is InChI=1S/C23H21N3O2S/c1-16-13-20(17(2)26(16)19-11-7-4-8-12-19)21(27)15-29-23-25-24-22(28-23)14-18-9-5-3-6-10-18/h3-13H,14-15H2,1-2H3. The molecule has 2 heterocycles. The lowest BCUT2D eigenvalue weighted by Crippen LogP contribution is -2.05. The third-order valence-corrected chi connectivity index (χ3v) is 5.54. The van der Waals surface area contributed by atoms with E-state index >= 15 is 0 Å². The SMILES string of the molecule is Cc1cc(C(=O)CSc2nnc(Cc3ccccc3)o2)c(C)n1-c1ccccc1. The van der Waals surface area contributed by atoms with E-state index in [0.29, 0.717) is 17.5 Å². The van der Waals surface area contributed by atoms with Crippen LogP contribution in [-0.4, -0.2) is 26.3 Å². The molecule has 0 atom stereocenters. The molecule has 0 aliphatic rings. The van der Waals surface area contributed by atoms with Gasteiger partial charge in [0, 0.05) is 22.6 Å². The molecule has 0 saturated carbocycles. The number of para-hydroxylation sites is 1. The first-order valence-electron chi connectivity index (χ1n) is 9.38. The largest absolute Gasteiger partial charge is 0.416 e. The first kappa shape index (κ1) is 19.2. The first-order chi connectivity index (χ1) is 14.1. The number of hydrogen-bond acceptors (Lipinski definition) is 5. The number of Topliss-reactive ketones (excluding diaryl/α,β-unsaturated/α-hetero) is 1. The minimum Gasteiger partial charge on any atom is -0.416 e. The van der Waals surface area contributed by atoms with Crippen LogP contribution in [0.2, 0.25) is 0 Å². The Kier molecular flexibility index (Phi) is 5.62. The number of rotatable bonds is 7. The van der Waals surface area contributed by atoms with Crippen LogP contribution in [0.3, 0.4) is 0 Å². The fourth-order valence-electron chi connectivity index (χ4n) is 3.36. The number of ketones is 1. The van der Waals surface area contributed by atoms with Crippen molar-refractivity contribution in [2.45, 2.75) is 25.5 Å². The lowest BCUT2D eigenvalue weighted by atomic mass is 10.2. The van der Waals surface area contributed by atoms with Crippen LogP contribution < -0.4 is 0 Å². The van der Waals surface area contributed by atoms with Gasteiger partial charge >= 0.3 is 0 Å². The van der Waals surface area contributed by atoms with Gasteiger partial charge in [-0.15, -0.1) is 10.2 Å². The minimum absolute atomic E-state index is 0.0492. The van der Waals surface area contributed by atoms with Gasteiger partial charge < -0.3 is 8.98 Å². The predicted octanol–water partition coefficient (Wildman–Crippen LogP) is 5.04. The van der Waals surface area contributed by atoms with Gasteiger partial charge in [0.05, 0.1) is 12.2 Å². The van der Waals surface area contributed by atoms with E-state index < -0.39 is 0 Å². The van der Waals surface area contributed by atoms with Gasteiger partial charge in [-0.1, -0.05) is 60.3 Å². The Bertz CT molecular complexity index is 1120. The molecular weight excluding hydrogens is 382 g/mol. The summed E-state index contributed by atoms with van der Waals surface area (Å²) >= 11 is 1.28. The highest BCUT2D eigenvalue weighted by Gasteiger charge is 2.18. The van der Waals surface area contributed by atoms with Crippen molar-refractivity contribution in [3.05, 3.63) is 95.1 Å². The predicted molar refractivity (Wildman–Crippen MR) is 114 cm³/mol. The number of benzene rings is 2. The summed E-state index contributed by atoms with van der Waals surface area (Å²) in [6.45, 7) is 3.99. The van der Waals surface area contributed by atoms with E-state index in [-0.39, 0.29) is 11.5 Å². The van der Waals surface area contributed by atoms with Crippen molar-refractivity contribution in [3.8, 4) is 5.69 Å². The van der Waals surface area contributed by atoms with E-state index in [4.69, 9.17) is 4.42 Å². The minimum atomic E-state index is 0.0492. The molecule has 4 aromatic rings. The van der Waals surface area contributed by atoms with E-state index in [2.05, 4.69) is 14.8 Å². The normalized spacial score (nSPS) is 11.0. The second kappa shape index (κ2) is 8.49. The molecule has 0 fully saturated rings. The maximum Gasteiger partial charge on any atom is 0.277 e. The van der Waals surface area contributed by atoms with Gasteiger partial charge in [-0.3, -0.25) is 4.79 Å². The second-order valence-electron chi connectivity index (χ2n) is 6.79. The Labute approximate surface area is 173 Å². The zero-order chi connectivity index (χ0) is 20.2. The molecule has 29 heavy (non-hydrogen) atoms. The summed E-state index contributed by atoms with van der Waals surface area (Å²) in [5.41, 5.74) is 4.86. The summed E-state index contributed by atoms with van der Waals surface area (Å²) in [5.74, 6) is 0.855. The van der Waals surface area contributed by atoms with Gasteiger partial charge in [-0.05, 0) is 37.6 Å². The molecule has 2 aromatic carbocycles. The molecule has 0 amide bonds. The van der Waals surface area contributed by atoms with Crippen molar-refractivity contribution in [1.82, 2.24) is 14.8 Å². The summed E-state index contributed by atoms with van der Waals surface area (Å²) in [7, 11) is 0. The number of carbonyl (C=O) groups is 1. The molecule has 2 aromatic heterocycles. The molecule has 0 N–H and O–H groups in total. The number of carbonyl (C=O) groups excluding carboxylic acids is 1. The molecule has 6 heteroatoms. The van der Waals surface area contributed by atoms with Gasteiger partial charge in [0.1, 0.15) is 0 Å². The van der Waals surface area contributed by atoms with Crippen LogP contribution in [0.25, 0.3) is 5.69 Å². The van der Waals surface area contributed by atoms with Crippen LogP contribution in [0, 0.1) is 13.8 Å². The topological polar surface area (TPSA) is 60.9 Å². The Morgan fingerprint density at radius 2 is 1.69 bits per heavy atom. The first-order valence-corrected chi connectivity index (χ1v) is 10.4.